The van der Waals surface area contributed by atoms with Crippen molar-refractivity contribution in [2.45, 2.75) is 43.0 Å². The molecule has 3 rings (SSSR count). The molecule has 0 bridgehead atoms. The number of halogens is 10. The minimum Gasteiger partial charge on any atom is -0.406 e. The zero-order valence-corrected chi connectivity index (χ0v) is 21.0. The fourth-order valence-corrected chi connectivity index (χ4v) is 4.09. The Morgan fingerprint density at radius 3 is 2.21 bits per heavy atom. The molecule has 39 heavy (non-hydrogen) atoms. The first-order chi connectivity index (χ1) is 17.9. The van der Waals surface area contributed by atoms with Gasteiger partial charge in [0.1, 0.15) is 17.8 Å². The van der Waals surface area contributed by atoms with E-state index in [0.29, 0.717) is 6.07 Å². The molecule has 1 saturated carbocycles. The highest BCUT2D eigenvalue weighted by molar-refractivity contribution is 9.10. The van der Waals surface area contributed by atoms with Crippen LogP contribution in [0.25, 0.3) is 6.08 Å². The van der Waals surface area contributed by atoms with Crippen molar-refractivity contribution in [2.24, 2.45) is 0 Å². The second-order valence-electron chi connectivity index (χ2n) is 8.57. The number of ether oxygens (including phenoxy) is 1. The molecule has 15 heteroatoms. The van der Waals surface area contributed by atoms with Gasteiger partial charge in [0.05, 0.1) is 11.5 Å². The van der Waals surface area contributed by atoms with E-state index in [2.05, 4.69) is 26.0 Å². The van der Waals surface area contributed by atoms with Crippen molar-refractivity contribution >= 4 is 33.8 Å². The number of carbonyl (C=O) groups is 2. The smallest absolute Gasteiger partial charge is 0.406 e. The molecule has 1 fully saturated rings. The van der Waals surface area contributed by atoms with Gasteiger partial charge >= 0.3 is 18.7 Å². The maximum Gasteiger partial charge on any atom is 0.573 e. The Morgan fingerprint density at radius 1 is 1.00 bits per heavy atom. The molecule has 2 aromatic carbocycles. The first-order valence-corrected chi connectivity index (χ1v) is 11.8. The third-order valence-corrected chi connectivity index (χ3v) is 6.17. The second-order valence-corrected chi connectivity index (χ2v) is 9.43. The molecule has 212 valence electrons. The third-order valence-electron chi connectivity index (χ3n) is 5.51. The molecule has 0 aliphatic heterocycles. The fraction of sp³-hybridized carbons (Fsp3) is 0.333. The lowest BCUT2D eigenvalue weighted by molar-refractivity contribution is -0.274. The molecule has 2 aromatic rings. The molecule has 1 unspecified atom stereocenters. The van der Waals surface area contributed by atoms with Gasteiger partial charge in [0.2, 0.25) is 5.91 Å². The lowest BCUT2D eigenvalue weighted by Gasteiger charge is -2.19. The Morgan fingerprint density at radius 2 is 1.67 bits per heavy atom. The van der Waals surface area contributed by atoms with E-state index >= 15 is 0 Å². The highest BCUT2D eigenvalue weighted by Crippen LogP contribution is 2.39. The van der Waals surface area contributed by atoms with Crippen LogP contribution in [0.4, 0.5) is 39.5 Å². The topological polar surface area (TPSA) is 67.4 Å². The van der Waals surface area contributed by atoms with Crippen molar-refractivity contribution in [3.63, 3.8) is 0 Å². The Kier molecular flexibility index (Phi) is 8.63. The summed E-state index contributed by atoms with van der Waals surface area (Å²) in [5, 5.41) is 4.10. The normalized spacial score (nSPS) is 16.1. The van der Waals surface area contributed by atoms with Crippen molar-refractivity contribution in [3.05, 3.63) is 69.7 Å². The van der Waals surface area contributed by atoms with Crippen LogP contribution in [0, 0.1) is 0 Å². The van der Waals surface area contributed by atoms with Crippen LogP contribution >= 0.6 is 15.9 Å². The molecular formula is C24H18BrF9N2O3. The summed E-state index contributed by atoms with van der Waals surface area (Å²) in [6, 6.07) is 7.25. The van der Waals surface area contributed by atoms with E-state index in [-0.39, 0.29) is 28.4 Å². The SMILES string of the molecule is O=C(NC1(C(=O)NCC(F)(F)F)CC1)c1ccc(/C=C/C(c2cccc(OC(F)(F)F)c2)C(F)(F)F)cc1Br. The quantitative estimate of drug-likeness (QED) is 0.320. The summed E-state index contributed by atoms with van der Waals surface area (Å²) in [5.74, 6) is -4.90. The van der Waals surface area contributed by atoms with Crippen molar-refractivity contribution in [2.75, 3.05) is 6.54 Å². The van der Waals surface area contributed by atoms with Crippen molar-refractivity contribution < 1.29 is 53.8 Å². The van der Waals surface area contributed by atoms with Crippen molar-refractivity contribution in [1.82, 2.24) is 10.6 Å². The van der Waals surface area contributed by atoms with E-state index < -0.39 is 59.8 Å². The van der Waals surface area contributed by atoms with Gasteiger partial charge in [0.15, 0.2) is 0 Å². The van der Waals surface area contributed by atoms with E-state index in [0.717, 1.165) is 30.4 Å². The monoisotopic (exact) mass is 632 g/mol. The van der Waals surface area contributed by atoms with Crippen LogP contribution in [0.3, 0.4) is 0 Å². The average molecular weight is 633 g/mol. The van der Waals surface area contributed by atoms with E-state index in [1.54, 1.807) is 5.32 Å². The molecule has 2 amide bonds. The minimum absolute atomic E-state index is 0.0357. The summed E-state index contributed by atoms with van der Waals surface area (Å²) in [4.78, 5) is 24.8. The molecule has 1 atom stereocenters. The summed E-state index contributed by atoms with van der Waals surface area (Å²) in [5.41, 5.74) is -1.86. The summed E-state index contributed by atoms with van der Waals surface area (Å²) in [6.45, 7) is -1.56. The highest BCUT2D eigenvalue weighted by Gasteiger charge is 2.52. The Labute approximate surface area is 223 Å². The Hall–Kier alpha value is -3.23. The lowest BCUT2D eigenvalue weighted by atomic mass is 9.96. The van der Waals surface area contributed by atoms with E-state index in [4.69, 9.17) is 0 Å². The first-order valence-electron chi connectivity index (χ1n) is 11.0. The second kappa shape index (κ2) is 11.1. The van der Waals surface area contributed by atoms with Crippen LogP contribution in [0.15, 0.2) is 53.0 Å². The Balaban J connectivity index is 1.75. The van der Waals surface area contributed by atoms with Crippen LogP contribution in [0.2, 0.25) is 0 Å². The van der Waals surface area contributed by atoms with Gasteiger partial charge in [-0.25, -0.2) is 0 Å². The molecule has 0 aromatic heterocycles. The summed E-state index contributed by atoms with van der Waals surface area (Å²) >= 11 is 3.11. The van der Waals surface area contributed by atoms with Crippen LogP contribution in [0.1, 0.15) is 40.2 Å². The molecule has 5 nitrogen and oxygen atoms in total. The van der Waals surface area contributed by atoms with Crippen molar-refractivity contribution in [1.29, 1.82) is 0 Å². The molecular weight excluding hydrogens is 615 g/mol. The maximum atomic E-state index is 13.7. The van der Waals surface area contributed by atoms with Crippen molar-refractivity contribution in [3.8, 4) is 5.75 Å². The zero-order chi connectivity index (χ0) is 29.2. The van der Waals surface area contributed by atoms with Crippen LogP contribution in [-0.2, 0) is 4.79 Å². The standard InChI is InChI=1S/C24H18BrF9N2O3/c25-18-10-13(4-6-16(18)19(37)36-21(8-9-21)20(38)35-12-22(26,27)28)5-7-17(23(29,30)31)14-2-1-3-15(11-14)39-24(32,33)34/h1-7,10-11,17H,8-9,12H2,(H,35,38)(H,36,37)/b7-5+. The van der Waals surface area contributed by atoms with Gasteiger partial charge in [-0.05, 0) is 64.2 Å². The van der Waals surface area contributed by atoms with Gasteiger partial charge in [-0.2, -0.15) is 26.3 Å². The van der Waals surface area contributed by atoms with Crippen LogP contribution in [0.5, 0.6) is 5.75 Å². The number of hydrogen-bond acceptors (Lipinski definition) is 3. The van der Waals surface area contributed by atoms with Gasteiger partial charge in [0, 0.05) is 4.47 Å². The molecule has 0 saturated heterocycles. The predicted molar refractivity (Wildman–Crippen MR) is 124 cm³/mol. The molecule has 0 radical (unpaired) electrons. The zero-order valence-electron chi connectivity index (χ0n) is 19.4. The van der Waals surface area contributed by atoms with E-state index in [1.165, 1.54) is 18.2 Å². The third kappa shape index (κ3) is 8.63. The fourth-order valence-electron chi connectivity index (χ4n) is 3.51. The first kappa shape index (κ1) is 30.3. The molecule has 1 aliphatic carbocycles. The minimum atomic E-state index is -5.09. The molecule has 2 N–H and O–H groups in total. The van der Waals surface area contributed by atoms with Gasteiger partial charge < -0.3 is 15.4 Å². The van der Waals surface area contributed by atoms with Gasteiger partial charge in [0.25, 0.3) is 5.91 Å². The van der Waals surface area contributed by atoms with Crippen LogP contribution < -0.4 is 15.4 Å². The number of nitrogens with one attached hydrogen (secondary N) is 2. The number of amides is 2. The number of alkyl halides is 9. The number of rotatable bonds is 8. The van der Waals surface area contributed by atoms with E-state index in [9.17, 15) is 49.1 Å². The summed E-state index contributed by atoms with van der Waals surface area (Å²) in [7, 11) is 0. The average Bonchev–Trinajstić information content (AvgIpc) is 3.56. The maximum absolute atomic E-state index is 13.7. The van der Waals surface area contributed by atoms with Gasteiger partial charge in [-0.15, -0.1) is 13.2 Å². The number of carbonyl (C=O) groups excluding carboxylic acids is 2. The summed E-state index contributed by atoms with van der Waals surface area (Å²) in [6.07, 6.45) is -12.6. The summed E-state index contributed by atoms with van der Waals surface area (Å²) < 4.78 is 119. The lowest BCUT2D eigenvalue weighted by Crippen LogP contribution is -2.50. The molecule has 0 spiro atoms. The number of benzene rings is 2. The highest BCUT2D eigenvalue weighted by atomic mass is 79.9. The van der Waals surface area contributed by atoms with Gasteiger partial charge in [-0.1, -0.05) is 30.4 Å². The largest absolute Gasteiger partial charge is 0.573 e. The van der Waals surface area contributed by atoms with Crippen LogP contribution in [-0.4, -0.2) is 42.6 Å². The van der Waals surface area contributed by atoms with Gasteiger partial charge in [-0.3, -0.25) is 9.59 Å². The Bertz CT molecular complexity index is 1250. The van der Waals surface area contributed by atoms with E-state index in [1.807, 2.05) is 0 Å². The molecule has 0 heterocycles. The molecule has 1 aliphatic rings. The number of allylic oxidation sites excluding steroid dienone is 1. The predicted octanol–water partition coefficient (Wildman–Crippen LogP) is 6.65. The number of hydrogen-bond donors (Lipinski definition) is 2.